The number of imidazole rings is 1. The molecule has 4 aromatic rings. The second kappa shape index (κ2) is 6.66. The van der Waals surface area contributed by atoms with Gasteiger partial charge in [0.1, 0.15) is 11.2 Å². The highest BCUT2D eigenvalue weighted by atomic mass is 35.5. The summed E-state index contributed by atoms with van der Waals surface area (Å²) in [6, 6.07) is 6.40. The zero-order valence-electron chi connectivity index (χ0n) is 14.7. The van der Waals surface area contributed by atoms with Crippen LogP contribution >= 0.6 is 11.6 Å². The number of amides is 1. The van der Waals surface area contributed by atoms with Gasteiger partial charge in [0.25, 0.3) is 12.3 Å². The van der Waals surface area contributed by atoms with Gasteiger partial charge in [-0.2, -0.15) is 5.10 Å². The number of fused-ring (bicyclic) bond motifs is 2. The maximum atomic E-state index is 13.2. The fourth-order valence-corrected chi connectivity index (χ4v) is 3.84. The first-order valence-electron chi connectivity index (χ1n) is 8.73. The second-order valence-corrected chi connectivity index (χ2v) is 6.93. The third-order valence-corrected chi connectivity index (χ3v) is 5.21. The highest BCUT2D eigenvalue weighted by molar-refractivity contribution is 6.29. The molecule has 0 aliphatic carbocycles. The van der Waals surface area contributed by atoms with Crippen molar-refractivity contribution in [2.75, 3.05) is 6.54 Å². The first-order chi connectivity index (χ1) is 14.0. The van der Waals surface area contributed by atoms with Crippen LogP contribution in [0.1, 0.15) is 45.8 Å². The van der Waals surface area contributed by atoms with E-state index in [0.717, 1.165) is 17.6 Å². The highest BCUT2D eigenvalue weighted by Crippen LogP contribution is 2.35. The monoisotopic (exact) mass is 418 g/mol. The van der Waals surface area contributed by atoms with Gasteiger partial charge >= 0.3 is 0 Å². The molecule has 0 bridgehead atoms. The molecule has 0 saturated heterocycles. The van der Waals surface area contributed by atoms with E-state index < -0.39 is 29.8 Å². The van der Waals surface area contributed by atoms with Crippen LogP contribution in [-0.4, -0.2) is 41.9 Å². The van der Waals surface area contributed by atoms with Crippen LogP contribution in [0.15, 0.2) is 41.4 Å². The van der Waals surface area contributed by atoms with E-state index in [1.807, 2.05) is 6.07 Å². The average molecular weight is 419 g/mol. The van der Waals surface area contributed by atoms with Gasteiger partial charge in [-0.25, -0.2) is 23.3 Å². The lowest BCUT2D eigenvalue weighted by molar-refractivity contribution is 0.0639. The number of rotatable bonds is 3. The Balaban J connectivity index is 1.63. The topological polar surface area (TPSA) is 92.3 Å². The first-order valence-corrected chi connectivity index (χ1v) is 9.11. The molecule has 0 saturated carbocycles. The summed E-state index contributed by atoms with van der Waals surface area (Å²) in [5, 5.41) is 4.93. The van der Waals surface area contributed by atoms with Crippen molar-refractivity contribution in [1.82, 2.24) is 29.5 Å². The minimum absolute atomic E-state index is 0.268. The molecule has 29 heavy (non-hydrogen) atoms. The van der Waals surface area contributed by atoms with Crippen LogP contribution < -0.4 is 0 Å². The lowest BCUT2D eigenvalue weighted by Gasteiger charge is -2.33. The van der Waals surface area contributed by atoms with Crippen LogP contribution in [0.5, 0.6) is 0 Å². The number of carbonyl (C=O) groups excluding carboxylic acids is 1. The molecule has 148 valence electrons. The molecule has 1 unspecified atom stereocenters. The first kappa shape index (κ1) is 17.8. The molecule has 5 heterocycles. The number of hydrogen-bond acceptors (Lipinski definition) is 5. The highest BCUT2D eigenvalue weighted by Gasteiger charge is 2.39. The number of aromatic nitrogens is 5. The molecular formula is C18H13ClF2N6O2. The van der Waals surface area contributed by atoms with Crippen LogP contribution in [0.25, 0.3) is 5.52 Å². The summed E-state index contributed by atoms with van der Waals surface area (Å²) in [5.74, 6) is -1.18. The molecule has 1 amide bonds. The molecule has 1 N–H and O–H groups in total. The number of carbonyl (C=O) groups is 1. The average Bonchev–Trinajstić information content (AvgIpc) is 3.44. The van der Waals surface area contributed by atoms with Gasteiger partial charge in [0.15, 0.2) is 12.1 Å². The van der Waals surface area contributed by atoms with Crippen LogP contribution in [0.4, 0.5) is 8.78 Å². The number of alkyl halides is 2. The molecule has 1 aliphatic rings. The Hall–Kier alpha value is -3.27. The molecule has 0 spiro atoms. The quantitative estimate of drug-likeness (QED) is 0.515. The summed E-state index contributed by atoms with van der Waals surface area (Å²) < 4.78 is 33.0. The Labute approximate surface area is 167 Å². The number of aromatic amines is 1. The van der Waals surface area contributed by atoms with Crippen LogP contribution in [0.3, 0.4) is 0 Å². The number of nitrogens with zero attached hydrogens (tertiary/aromatic N) is 5. The van der Waals surface area contributed by atoms with Crippen molar-refractivity contribution in [1.29, 1.82) is 0 Å². The summed E-state index contributed by atoms with van der Waals surface area (Å²) in [7, 11) is 0. The lowest BCUT2D eigenvalue weighted by Crippen LogP contribution is -2.41. The van der Waals surface area contributed by atoms with Crippen LogP contribution in [0, 0.1) is 0 Å². The summed E-state index contributed by atoms with van der Waals surface area (Å²) >= 11 is 6.22. The Bertz CT molecular complexity index is 1220. The normalized spacial score (nSPS) is 16.6. The van der Waals surface area contributed by atoms with Gasteiger partial charge in [0.05, 0.1) is 23.2 Å². The van der Waals surface area contributed by atoms with Gasteiger partial charge in [0, 0.05) is 18.7 Å². The Morgan fingerprint density at radius 2 is 2.21 bits per heavy atom. The molecule has 11 heteroatoms. The number of hydrogen-bond donors (Lipinski definition) is 1. The molecule has 1 aliphatic heterocycles. The molecule has 5 rings (SSSR count). The van der Waals surface area contributed by atoms with E-state index in [1.54, 1.807) is 22.7 Å². The van der Waals surface area contributed by atoms with E-state index >= 15 is 0 Å². The van der Waals surface area contributed by atoms with E-state index in [-0.39, 0.29) is 6.54 Å². The standard InChI is InChI=1S/C18H13ClF2N6O2/c19-12-3-1-2-9-6-11(25-27(9)12)15-13-10(22-7-23-13)4-5-26(15)18(28)16-14(17(20)21)24-8-29-16/h1-3,6-8,15,17H,4-5H2,(H,22,23). The summed E-state index contributed by atoms with van der Waals surface area (Å²) in [6.45, 7) is 0.268. The molecule has 0 fully saturated rings. The van der Waals surface area contributed by atoms with E-state index in [2.05, 4.69) is 20.1 Å². The third kappa shape index (κ3) is 2.79. The number of halogens is 3. The van der Waals surface area contributed by atoms with Crippen molar-refractivity contribution in [2.45, 2.75) is 18.9 Å². The fourth-order valence-electron chi connectivity index (χ4n) is 3.63. The number of oxazole rings is 1. The number of H-pyrrole nitrogens is 1. The van der Waals surface area contributed by atoms with Gasteiger partial charge < -0.3 is 14.3 Å². The largest absolute Gasteiger partial charge is 0.438 e. The van der Waals surface area contributed by atoms with Crippen molar-refractivity contribution < 1.29 is 18.0 Å². The zero-order valence-corrected chi connectivity index (χ0v) is 15.5. The van der Waals surface area contributed by atoms with E-state index in [4.69, 9.17) is 16.0 Å². The molecular weight excluding hydrogens is 406 g/mol. The van der Waals surface area contributed by atoms with Crippen LogP contribution in [-0.2, 0) is 6.42 Å². The zero-order chi connectivity index (χ0) is 20.1. The molecule has 4 aromatic heterocycles. The molecule has 0 aromatic carbocycles. The maximum Gasteiger partial charge on any atom is 0.292 e. The predicted molar refractivity (Wildman–Crippen MR) is 96.8 cm³/mol. The molecule has 1 atom stereocenters. The number of pyridine rings is 1. The molecule has 8 nitrogen and oxygen atoms in total. The van der Waals surface area contributed by atoms with Gasteiger partial charge in [-0.15, -0.1) is 0 Å². The molecule has 0 radical (unpaired) electrons. The van der Waals surface area contributed by atoms with Gasteiger partial charge in [-0.1, -0.05) is 17.7 Å². The Morgan fingerprint density at radius 3 is 3.00 bits per heavy atom. The third-order valence-electron chi connectivity index (χ3n) is 4.92. The van der Waals surface area contributed by atoms with Crippen molar-refractivity contribution in [3.8, 4) is 0 Å². The van der Waals surface area contributed by atoms with Crippen molar-refractivity contribution >= 4 is 23.0 Å². The lowest BCUT2D eigenvalue weighted by atomic mass is 9.99. The summed E-state index contributed by atoms with van der Waals surface area (Å²) in [4.78, 5) is 25.5. The van der Waals surface area contributed by atoms with Gasteiger partial charge in [-0.3, -0.25) is 4.79 Å². The minimum atomic E-state index is -2.93. The minimum Gasteiger partial charge on any atom is -0.438 e. The Kier molecular flexibility index (Phi) is 4.09. The summed E-state index contributed by atoms with van der Waals surface area (Å²) in [6.07, 6.45) is -0.0544. The smallest absolute Gasteiger partial charge is 0.292 e. The Morgan fingerprint density at radius 1 is 1.34 bits per heavy atom. The SMILES string of the molecule is O=C(c1ocnc1C(F)F)N1CCc2[nH]cnc2C1c1cc2cccc(Cl)n2n1. The van der Waals surface area contributed by atoms with Crippen LogP contribution in [0.2, 0.25) is 5.15 Å². The van der Waals surface area contributed by atoms with E-state index in [9.17, 15) is 13.6 Å². The number of nitrogens with one attached hydrogen (secondary N) is 1. The van der Waals surface area contributed by atoms with Gasteiger partial charge in [-0.05, 0) is 18.2 Å². The fraction of sp³-hybridized carbons (Fsp3) is 0.222. The van der Waals surface area contributed by atoms with Crippen molar-refractivity contribution in [2.24, 2.45) is 0 Å². The van der Waals surface area contributed by atoms with Crippen molar-refractivity contribution in [3.63, 3.8) is 0 Å². The second-order valence-electron chi connectivity index (χ2n) is 6.54. The van der Waals surface area contributed by atoms with E-state index in [1.165, 1.54) is 11.2 Å². The summed E-state index contributed by atoms with van der Waals surface area (Å²) in [5.41, 5.74) is 2.02. The maximum absolute atomic E-state index is 13.2. The van der Waals surface area contributed by atoms with Gasteiger partial charge in [0.2, 0.25) is 5.76 Å². The van der Waals surface area contributed by atoms with E-state index in [0.29, 0.717) is 23.0 Å². The van der Waals surface area contributed by atoms with Crippen molar-refractivity contribution in [3.05, 3.63) is 70.7 Å². The predicted octanol–water partition coefficient (Wildman–Crippen LogP) is 3.42.